The zero-order chi connectivity index (χ0) is 19.6. The minimum atomic E-state index is -0.204. The number of nitrogens with one attached hydrogen (secondary N) is 1. The number of carbonyl (C=O) groups excluding carboxylic acids is 1. The van der Waals surface area contributed by atoms with E-state index in [0.717, 1.165) is 29.5 Å². The fraction of sp³-hybridized carbons (Fsp3) is 0.350. The fourth-order valence-electron chi connectivity index (χ4n) is 2.85. The van der Waals surface area contributed by atoms with E-state index in [0.29, 0.717) is 22.8 Å². The molecule has 0 atom stereocenters. The van der Waals surface area contributed by atoms with E-state index < -0.39 is 0 Å². The third-order valence-corrected chi connectivity index (χ3v) is 4.40. The second kappa shape index (κ2) is 7.36. The molecule has 0 aliphatic heterocycles. The summed E-state index contributed by atoms with van der Waals surface area (Å²) in [6.45, 7) is 3.40. The standard InChI is InChI=1S/C20H25N5O2/c1-14-17(26)10-9-15(19(14)27)22-18-16-8-5-6-12-24(16)23-20(18)21-11-7-13-25(2,3)4/h5-6,8-10,12H,7,11,13H2,1-4H3,(H-,21,23,26,27)/p+1/b22-15+. The number of hydrogen-bond donors (Lipinski definition) is 2. The van der Waals surface area contributed by atoms with Gasteiger partial charge in [-0.25, -0.2) is 9.51 Å². The van der Waals surface area contributed by atoms with Crippen molar-refractivity contribution in [1.29, 1.82) is 0 Å². The Bertz CT molecular complexity index is 960. The Kier molecular flexibility index (Phi) is 5.14. The van der Waals surface area contributed by atoms with Gasteiger partial charge in [0.05, 0.1) is 33.2 Å². The molecular formula is C20H26N5O2+. The molecule has 0 saturated heterocycles. The normalized spacial score (nSPS) is 16.6. The second-order valence-electron chi connectivity index (χ2n) is 7.69. The third kappa shape index (κ3) is 4.25. The molecule has 2 heterocycles. The number of aliphatic hydroxyl groups excluding tert-OH is 1. The number of ketones is 1. The van der Waals surface area contributed by atoms with E-state index in [1.807, 2.05) is 24.4 Å². The van der Waals surface area contributed by atoms with Gasteiger partial charge in [0.25, 0.3) is 0 Å². The first kappa shape index (κ1) is 18.8. The maximum absolute atomic E-state index is 11.7. The number of pyridine rings is 1. The summed E-state index contributed by atoms with van der Waals surface area (Å²) in [5, 5.41) is 18.2. The predicted octanol–water partition coefficient (Wildman–Crippen LogP) is 2.89. The summed E-state index contributed by atoms with van der Waals surface area (Å²) in [5.41, 5.74) is 2.13. The van der Waals surface area contributed by atoms with Gasteiger partial charge in [0.15, 0.2) is 11.6 Å². The van der Waals surface area contributed by atoms with E-state index in [2.05, 4.69) is 36.6 Å². The van der Waals surface area contributed by atoms with Crippen LogP contribution in [-0.4, -0.2) is 64.9 Å². The minimum absolute atomic E-state index is 0.0891. The highest BCUT2D eigenvalue weighted by Gasteiger charge is 2.19. The van der Waals surface area contributed by atoms with Crippen molar-refractivity contribution in [3.05, 3.63) is 47.9 Å². The quantitative estimate of drug-likeness (QED) is 0.467. The van der Waals surface area contributed by atoms with Crippen LogP contribution in [-0.2, 0) is 4.79 Å². The topological polar surface area (TPSA) is 79.0 Å². The predicted molar refractivity (Wildman–Crippen MR) is 108 cm³/mol. The van der Waals surface area contributed by atoms with Gasteiger partial charge in [0.1, 0.15) is 17.2 Å². The first-order chi connectivity index (χ1) is 12.8. The van der Waals surface area contributed by atoms with Crippen LogP contribution in [0.4, 0.5) is 11.5 Å². The van der Waals surface area contributed by atoms with Crippen LogP contribution < -0.4 is 5.32 Å². The molecule has 2 aromatic heterocycles. The number of rotatable bonds is 6. The molecule has 1 aliphatic carbocycles. The molecule has 3 rings (SSSR count). The Morgan fingerprint density at radius 3 is 2.78 bits per heavy atom. The first-order valence-corrected chi connectivity index (χ1v) is 8.99. The van der Waals surface area contributed by atoms with Gasteiger partial charge in [-0.15, -0.1) is 5.10 Å². The number of aliphatic hydroxyl groups is 1. The molecule has 0 aromatic carbocycles. The SMILES string of the molecule is CC1=C(O)/C(=N/c2c(NCCC[N+](C)(C)C)nn3ccccc23)C=CC1=O. The average molecular weight is 368 g/mol. The minimum Gasteiger partial charge on any atom is -0.505 e. The van der Waals surface area contributed by atoms with Crippen molar-refractivity contribution in [3.63, 3.8) is 0 Å². The molecule has 0 unspecified atom stereocenters. The lowest BCUT2D eigenvalue weighted by Gasteiger charge is -2.23. The Morgan fingerprint density at radius 1 is 1.26 bits per heavy atom. The number of anilines is 1. The van der Waals surface area contributed by atoms with Gasteiger partial charge in [-0.2, -0.15) is 0 Å². The van der Waals surface area contributed by atoms with Gasteiger partial charge in [0, 0.05) is 24.7 Å². The number of aromatic nitrogens is 2. The average Bonchev–Trinajstić information content (AvgIpc) is 2.96. The van der Waals surface area contributed by atoms with E-state index in [1.165, 1.54) is 12.2 Å². The van der Waals surface area contributed by atoms with Crippen LogP contribution in [0.5, 0.6) is 0 Å². The van der Waals surface area contributed by atoms with Crippen LogP contribution in [0.3, 0.4) is 0 Å². The molecule has 7 nitrogen and oxygen atoms in total. The summed E-state index contributed by atoms with van der Waals surface area (Å²) in [6, 6.07) is 5.75. The molecule has 2 N–H and O–H groups in total. The van der Waals surface area contributed by atoms with Gasteiger partial charge < -0.3 is 14.9 Å². The molecule has 1 aliphatic rings. The lowest BCUT2D eigenvalue weighted by molar-refractivity contribution is -0.870. The lowest BCUT2D eigenvalue weighted by Crippen LogP contribution is -2.36. The van der Waals surface area contributed by atoms with E-state index in [4.69, 9.17) is 0 Å². The van der Waals surface area contributed by atoms with Crippen LogP contribution >= 0.6 is 0 Å². The van der Waals surface area contributed by atoms with Crippen molar-refractivity contribution in [1.82, 2.24) is 9.61 Å². The van der Waals surface area contributed by atoms with E-state index >= 15 is 0 Å². The summed E-state index contributed by atoms with van der Waals surface area (Å²) < 4.78 is 2.66. The molecule has 0 saturated carbocycles. The number of aliphatic imine (C=N–C) groups is 1. The number of nitrogens with zero attached hydrogens (tertiary/aromatic N) is 4. The summed E-state index contributed by atoms with van der Waals surface area (Å²) in [6.07, 6.45) is 5.81. The number of carbonyl (C=O) groups is 1. The van der Waals surface area contributed by atoms with E-state index in [1.54, 1.807) is 11.4 Å². The van der Waals surface area contributed by atoms with Gasteiger partial charge in [-0.3, -0.25) is 4.79 Å². The maximum Gasteiger partial charge on any atom is 0.185 e. The van der Waals surface area contributed by atoms with Crippen LogP contribution in [0.15, 0.2) is 52.9 Å². The smallest absolute Gasteiger partial charge is 0.185 e. The van der Waals surface area contributed by atoms with Crippen molar-refractivity contribution in [2.24, 2.45) is 4.99 Å². The molecular weight excluding hydrogens is 342 g/mol. The van der Waals surface area contributed by atoms with Crippen molar-refractivity contribution in [2.75, 3.05) is 39.5 Å². The molecule has 142 valence electrons. The van der Waals surface area contributed by atoms with E-state index in [9.17, 15) is 9.90 Å². The zero-order valence-corrected chi connectivity index (χ0v) is 16.2. The molecule has 0 spiro atoms. The van der Waals surface area contributed by atoms with Crippen molar-refractivity contribution < 1.29 is 14.4 Å². The second-order valence-corrected chi connectivity index (χ2v) is 7.69. The maximum atomic E-state index is 11.7. The molecule has 7 heteroatoms. The number of fused-ring (bicyclic) bond motifs is 1. The molecule has 0 radical (unpaired) electrons. The third-order valence-electron chi connectivity index (χ3n) is 4.40. The Morgan fingerprint density at radius 2 is 2.04 bits per heavy atom. The molecule has 0 bridgehead atoms. The largest absolute Gasteiger partial charge is 0.505 e. The molecule has 2 aromatic rings. The van der Waals surface area contributed by atoms with Crippen molar-refractivity contribution in [3.8, 4) is 0 Å². The number of allylic oxidation sites excluding steroid dienone is 3. The summed E-state index contributed by atoms with van der Waals surface area (Å²) in [4.78, 5) is 16.3. The molecule has 27 heavy (non-hydrogen) atoms. The summed E-state index contributed by atoms with van der Waals surface area (Å²) in [7, 11) is 6.49. The molecule has 0 amide bonds. The van der Waals surface area contributed by atoms with Crippen LogP contribution in [0.1, 0.15) is 13.3 Å². The van der Waals surface area contributed by atoms with Gasteiger partial charge >= 0.3 is 0 Å². The summed E-state index contributed by atoms with van der Waals surface area (Å²) in [5.74, 6) is 0.365. The Hall–Kier alpha value is -2.93. The number of quaternary nitrogens is 1. The fourth-order valence-corrected chi connectivity index (χ4v) is 2.85. The van der Waals surface area contributed by atoms with Crippen molar-refractivity contribution >= 4 is 28.5 Å². The monoisotopic (exact) mass is 368 g/mol. The Labute approximate surface area is 158 Å². The van der Waals surface area contributed by atoms with Gasteiger partial charge in [0.2, 0.25) is 0 Å². The zero-order valence-electron chi connectivity index (χ0n) is 16.2. The number of hydrogen-bond acceptors (Lipinski definition) is 5. The van der Waals surface area contributed by atoms with Crippen LogP contribution in [0.2, 0.25) is 0 Å². The molecule has 0 fully saturated rings. The highest BCUT2D eigenvalue weighted by atomic mass is 16.3. The van der Waals surface area contributed by atoms with Gasteiger partial charge in [-0.05, 0) is 31.2 Å². The van der Waals surface area contributed by atoms with Crippen LogP contribution in [0, 0.1) is 0 Å². The van der Waals surface area contributed by atoms with Crippen LogP contribution in [0.25, 0.3) is 5.52 Å². The summed E-state index contributed by atoms with van der Waals surface area (Å²) >= 11 is 0. The highest BCUT2D eigenvalue weighted by Crippen LogP contribution is 2.31. The Balaban J connectivity index is 1.93. The highest BCUT2D eigenvalue weighted by molar-refractivity contribution is 6.21. The van der Waals surface area contributed by atoms with Crippen molar-refractivity contribution in [2.45, 2.75) is 13.3 Å². The van der Waals surface area contributed by atoms with E-state index in [-0.39, 0.29) is 11.5 Å². The lowest BCUT2D eigenvalue weighted by atomic mass is 10.0. The van der Waals surface area contributed by atoms with Gasteiger partial charge in [-0.1, -0.05) is 6.07 Å². The first-order valence-electron chi connectivity index (χ1n) is 8.99.